The standard InChI is InChI=1S/C15H23N3O/c1-15(2)5-3-14(19)18(8-6-15)11-12-4-7-17-13(9-12)10-16/h4,7,9H,3,5-6,8,10-11,16H2,1-2H3. The normalized spacial score (nSPS) is 19.3. The fourth-order valence-corrected chi connectivity index (χ4v) is 2.42. The molecule has 0 spiro atoms. The molecule has 0 radical (unpaired) electrons. The van der Waals surface area contributed by atoms with Crippen LogP contribution in [0.4, 0.5) is 0 Å². The van der Waals surface area contributed by atoms with E-state index in [0.29, 0.717) is 19.5 Å². The third-order valence-electron chi connectivity index (χ3n) is 3.89. The molecule has 1 aromatic heterocycles. The highest BCUT2D eigenvalue weighted by Gasteiger charge is 2.27. The molecule has 0 aromatic carbocycles. The van der Waals surface area contributed by atoms with Crippen LogP contribution in [0.3, 0.4) is 0 Å². The lowest BCUT2D eigenvalue weighted by molar-refractivity contribution is -0.131. The SMILES string of the molecule is CC1(C)CCC(=O)N(Cc2ccnc(CN)c2)CC1. The summed E-state index contributed by atoms with van der Waals surface area (Å²) in [5.41, 5.74) is 7.86. The molecule has 19 heavy (non-hydrogen) atoms. The summed E-state index contributed by atoms with van der Waals surface area (Å²) in [4.78, 5) is 18.3. The van der Waals surface area contributed by atoms with Crippen LogP contribution in [-0.4, -0.2) is 22.3 Å². The summed E-state index contributed by atoms with van der Waals surface area (Å²) in [6.07, 6.45) is 4.46. The molecule has 4 nitrogen and oxygen atoms in total. The molecule has 4 heteroatoms. The first-order valence-corrected chi connectivity index (χ1v) is 6.92. The summed E-state index contributed by atoms with van der Waals surface area (Å²) in [5, 5.41) is 0. The Morgan fingerprint density at radius 3 is 2.95 bits per heavy atom. The number of likely N-dealkylation sites (tertiary alicyclic amines) is 1. The molecule has 1 fully saturated rings. The number of pyridine rings is 1. The van der Waals surface area contributed by atoms with E-state index in [1.54, 1.807) is 6.20 Å². The molecule has 1 saturated heterocycles. The molecular formula is C15H23N3O. The van der Waals surface area contributed by atoms with E-state index in [-0.39, 0.29) is 11.3 Å². The summed E-state index contributed by atoms with van der Waals surface area (Å²) in [6, 6.07) is 3.95. The van der Waals surface area contributed by atoms with Gasteiger partial charge in [-0.1, -0.05) is 13.8 Å². The van der Waals surface area contributed by atoms with Crippen molar-refractivity contribution < 1.29 is 4.79 Å². The highest BCUT2D eigenvalue weighted by molar-refractivity contribution is 5.76. The number of hydrogen-bond donors (Lipinski definition) is 1. The Hall–Kier alpha value is -1.42. The first-order chi connectivity index (χ1) is 9.00. The van der Waals surface area contributed by atoms with Gasteiger partial charge in [0.05, 0.1) is 5.69 Å². The Balaban J connectivity index is 2.06. The first-order valence-electron chi connectivity index (χ1n) is 6.92. The molecule has 0 aliphatic carbocycles. The number of aromatic nitrogens is 1. The highest BCUT2D eigenvalue weighted by Crippen LogP contribution is 2.30. The number of hydrogen-bond acceptors (Lipinski definition) is 3. The van der Waals surface area contributed by atoms with Crippen LogP contribution in [0, 0.1) is 5.41 Å². The van der Waals surface area contributed by atoms with Gasteiger partial charge < -0.3 is 10.6 Å². The van der Waals surface area contributed by atoms with Crippen LogP contribution in [0.5, 0.6) is 0 Å². The zero-order valence-electron chi connectivity index (χ0n) is 11.9. The average Bonchev–Trinajstić information content (AvgIpc) is 2.52. The summed E-state index contributed by atoms with van der Waals surface area (Å²) in [7, 11) is 0. The number of amides is 1. The second kappa shape index (κ2) is 5.70. The van der Waals surface area contributed by atoms with Crippen molar-refractivity contribution in [3.05, 3.63) is 29.6 Å². The Bertz CT molecular complexity index is 456. The van der Waals surface area contributed by atoms with E-state index in [0.717, 1.165) is 30.6 Å². The maximum atomic E-state index is 12.1. The fourth-order valence-electron chi connectivity index (χ4n) is 2.42. The van der Waals surface area contributed by atoms with Gasteiger partial charge in [0.15, 0.2) is 0 Å². The van der Waals surface area contributed by atoms with Crippen LogP contribution in [0.25, 0.3) is 0 Å². The van der Waals surface area contributed by atoms with E-state index >= 15 is 0 Å². The highest BCUT2D eigenvalue weighted by atomic mass is 16.2. The molecule has 1 aliphatic rings. The van der Waals surface area contributed by atoms with E-state index in [2.05, 4.69) is 18.8 Å². The quantitative estimate of drug-likeness (QED) is 0.906. The van der Waals surface area contributed by atoms with E-state index in [9.17, 15) is 4.79 Å². The van der Waals surface area contributed by atoms with Crippen LogP contribution >= 0.6 is 0 Å². The van der Waals surface area contributed by atoms with Gasteiger partial charge in [-0.15, -0.1) is 0 Å². The van der Waals surface area contributed by atoms with Crippen LogP contribution in [0.15, 0.2) is 18.3 Å². The smallest absolute Gasteiger partial charge is 0.222 e. The summed E-state index contributed by atoms with van der Waals surface area (Å²) in [5.74, 6) is 0.261. The number of carbonyl (C=O) groups is 1. The van der Waals surface area contributed by atoms with Crippen LogP contribution in [0.2, 0.25) is 0 Å². The van der Waals surface area contributed by atoms with Crippen LogP contribution in [-0.2, 0) is 17.9 Å². The van der Waals surface area contributed by atoms with Crippen molar-refractivity contribution in [1.29, 1.82) is 0 Å². The third kappa shape index (κ3) is 3.77. The van der Waals surface area contributed by atoms with Crippen molar-refractivity contribution in [3.8, 4) is 0 Å². The minimum atomic E-state index is 0.261. The van der Waals surface area contributed by atoms with Crippen molar-refractivity contribution in [2.75, 3.05) is 6.54 Å². The predicted octanol–water partition coefficient (Wildman–Crippen LogP) is 2.08. The number of nitrogens with two attached hydrogens (primary N) is 1. The van der Waals surface area contributed by atoms with Gasteiger partial charge in [-0.25, -0.2) is 0 Å². The van der Waals surface area contributed by atoms with Gasteiger partial charge in [-0.3, -0.25) is 9.78 Å². The maximum absolute atomic E-state index is 12.1. The zero-order valence-corrected chi connectivity index (χ0v) is 11.9. The monoisotopic (exact) mass is 261 g/mol. The van der Waals surface area contributed by atoms with Crippen LogP contribution < -0.4 is 5.73 Å². The largest absolute Gasteiger partial charge is 0.338 e. The molecule has 0 unspecified atom stereocenters. The lowest BCUT2D eigenvalue weighted by Crippen LogP contribution is -2.30. The summed E-state index contributed by atoms with van der Waals surface area (Å²) >= 11 is 0. The summed E-state index contributed by atoms with van der Waals surface area (Å²) in [6.45, 7) is 6.43. The number of rotatable bonds is 3. The molecule has 2 heterocycles. The molecular weight excluding hydrogens is 238 g/mol. The lowest BCUT2D eigenvalue weighted by atomic mass is 9.85. The molecule has 104 valence electrons. The zero-order chi connectivity index (χ0) is 13.9. The number of nitrogens with zero attached hydrogens (tertiary/aromatic N) is 2. The van der Waals surface area contributed by atoms with Crippen molar-refractivity contribution in [2.45, 2.75) is 46.2 Å². The number of carbonyl (C=O) groups excluding carboxylic acids is 1. The van der Waals surface area contributed by atoms with E-state index in [1.807, 2.05) is 17.0 Å². The Morgan fingerprint density at radius 1 is 1.42 bits per heavy atom. The van der Waals surface area contributed by atoms with Crippen molar-refractivity contribution >= 4 is 5.91 Å². The Labute approximate surface area is 115 Å². The van der Waals surface area contributed by atoms with Gasteiger partial charge in [0, 0.05) is 32.3 Å². The van der Waals surface area contributed by atoms with E-state index < -0.39 is 0 Å². The Morgan fingerprint density at radius 2 is 2.21 bits per heavy atom. The third-order valence-corrected chi connectivity index (χ3v) is 3.89. The second-order valence-corrected chi connectivity index (χ2v) is 6.09. The molecule has 0 saturated carbocycles. The van der Waals surface area contributed by atoms with Crippen molar-refractivity contribution in [3.63, 3.8) is 0 Å². The maximum Gasteiger partial charge on any atom is 0.222 e. The molecule has 0 bridgehead atoms. The van der Waals surface area contributed by atoms with E-state index in [4.69, 9.17) is 5.73 Å². The molecule has 2 rings (SSSR count). The van der Waals surface area contributed by atoms with Gasteiger partial charge in [0.25, 0.3) is 0 Å². The molecule has 1 aliphatic heterocycles. The molecule has 1 amide bonds. The fraction of sp³-hybridized carbons (Fsp3) is 0.600. The van der Waals surface area contributed by atoms with Gasteiger partial charge in [0.1, 0.15) is 0 Å². The first kappa shape index (κ1) is 14.0. The topological polar surface area (TPSA) is 59.2 Å². The van der Waals surface area contributed by atoms with Crippen LogP contribution in [0.1, 0.15) is 44.4 Å². The van der Waals surface area contributed by atoms with Crippen molar-refractivity contribution in [1.82, 2.24) is 9.88 Å². The molecule has 2 N–H and O–H groups in total. The Kier molecular flexibility index (Phi) is 4.20. The second-order valence-electron chi connectivity index (χ2n) is 6.09. The van der Waals surface area contributed by atoms with Gasteiger partial charge >= 0.3 is 0 Å². The summed E-state index contributed by atoms with van der Waals surface area (Å²) < 4.78 is 0. The minimum Gasteiger partial charge on any atom is -0.338 e. The van der Waals surface area contributed by atoms with Gasteiger partial charge in [0.2, 0.25) is 5.91 Å². The van der Waals surface area contributed by atoms with Gasteiger partial charge in [-0.2, -0.15) is 0 Å². The minimum absolute atomic E-state index is 0.261. The van der Waals surface area contributed by atoms with E-state index in [1.165, 1.54) is 0 Å². The van der Waals surface area contributed by atoms with Gasteiger partial charge in [-0.05, 0) is 36.0 Å². The van der Waals surface area contributed by atoms with Crippen molar-refractivity contribution in [2.24, 2.45) is 11.1 Å². The molecule has 1 aromatic rings. The predicted molar refractivity (Wildman–Crippen MR) is 75.2 cm³/mol. The average molecular weight is 261 g/mol. The molecule has 0 atom stereocenters. The lowest BCUT2D eigenvalue weighted by Gasteiger charge is -2.23.